The highest BCUT2D eigenvalue weighted by Crippen LogP contribution is 2.31. The number of rotatable bonds is 6. The number of nitrogens with two attached hydrogens (primary N) is 4. The molecule has 2 heterocycles. The van der Waals surface area contributed by atoms with Gasteiger partial charge in [-0.1, -0.05) is 0 Å². The third-order valence-corrected chi connectivity index (χ3v) is 6.48. The maximum atomic E-state index is 10.9. The minimum absolute atomic E-state index is 0.0849. The molecule has 0 spiro atoms. The number of ether oxygens (including phenoxy) is 4. The Morgan fingerprint density at radius 1 is 0.667 bits per heavy atom. The minimum Gasteiger partial charge on any atom is -0.394 e. The van der Waals surface area contributed by atoms with Crippen LogP contribution in [0.15, 0.2) is 0 Å². The first kappa shape index (κ1) is 27.0. The molecule has 0 radical (unpaired) electrons. The fourth-order valence-electron chi connectivity index (χ4n) is 4.40. The largest absolute Gasteiger partial charge is 0.394 e. The van der Waals surface area contributed by atoms with Crippen LogP contribution in [0.5, 0.6) is 0 Å². The van der Waals surface area contributed by atoms with Gasteiger partial charge in [0.2, 0.25) is 0 Å². The maximum Gasteiger partial charge on any atom is 0.187 e. The zero-order valence-corrected chi connectivity index (χ0v) is 17.9. The fraction of sp³-hybridized carbons (Fsp3) is 1.00. The lowest BCUT2D eigenvalue weighted by Gasteiger charge is -2.48. The Hall–Kier alpha value is -0.600. The van der Waals surface area contributed by atoms with Crippen molar-refractivity contribution >= 4 is 0 Å². The fourth-order valence-corrected chi connectivity index (χ4v) is 4.40. The zero-order valence-electron chi connectivity index (χ0n) is 17.9. The molecule has 0 aromatic heterocycles. The van der Waals surface area contributed by atoms with Gasteiger partial charge < -0.3 is 77.6 Å². The van der Waals surface area contributed by atoms with Crippen molar-refractivity contribution in [2.24, 2.45) is 22.9 Å². The van der Waals surface area contributed by atoms with E-state index in [0.717, 1.165) is 0 Å². The van der Waals surface area contributed by atoms with E-state index in [1.807, 2.05) is 0 Å². The van der Waals surface area contributed by atoms with Gasteiger partial charge in [-0.25, -0.2) is 0 Å². The van der Waals surface area contributed by atoms with Crippen LogP contribution in [0, 0.1) is 0 Å². The Morgan fingerprint density at radius 3 is 1.70 bits per heavy atom. The summed E-state index contributed by atoms with van der Waals surface area (Å²) in [6.07, 6.45) is -16.5. The standard InChI is InChI=1S/C18H36N4O11/c19-2-6-10(25)12(27)13(28)18(30-6)33-16-5(21)1-4(20)15(14(16)29)32-17-11(26)8(22)9(24)7(3-23)31-17/h4-18,23-29H,1-3,19-22H2/t4-,5+,6+,7-,8+,9-,10+,11-,12-,13+,14-,15+,16-,17-,18+/m1/s1. The van der Waals surface area contributed by atoms with Crippen LogP contribution in [0.4, 0.5) is 0 Å². The van der Waals surface area contributed by atoms with Gasteiger partial charge in [0.1, 0.15) is 61.0 Å². The van der Waals surface area contributed by atoms with Crippen LogP contribution in [0.25, 0.3) is 0 Å². The second-order valence-electron chi connectivity index (χ2n) is 8.79. The quantitative estimate of drug-likeness (QED) is 0.167. The Morgan fingerprint density at radius 2 is 1.18 bits per heavy atom. The lowest BCUT2D eigenvalue weighted by Crippen LogP contribution is -2.68. The van der Waals surface area contributed by atoms with Gasteiger partial charge in [0, 0.05) is 18.6 Å². The van der Waals surface area contributed by atoms with Crippen LogP contribution < -0.4 is 22.9 Å². The first-order valence-electron chi connectivity index (χ1n) is 10.8. The smallest absolute Gasteiger partial charge is 0.187 e. The predicted octanol–water partition coefficient (Wildman–Crippen LogP) is -7.29. The van der Waals surface area contributed by atoms with E-state index >= 15 is 0 Å². The number of hydrogen-bond acceptors (Lipinski definition) is 15. The van der Waals surface area contributed by atoms with E-state index < -0.39 is 98.4 Å². The van der Waals surface area contributed by atoms with Gasteiger partial charge in [0.25, 0.3) is 0 Å². The predicted molar refractivity (Wildman–Crippen MR) is 108 cm³/mol. The molecule has 2 saturated heterocycles. The highest BCUT2D eigenvalue weighted by Gasteiger charge is 2.51. The first-order valence-corrected chi connectivity index (χ1v) is 10.8. The summed E-state index contributed by atoms with van der Waals surface area (Å²) in [5.74, 6) is 0. The lowest BCUT2D eigenvalue weighted by atomic mass is 9.84. The van der Waals surface area contributed by atoms with E-state index in [1.165, 1.54) is 0 Å². The summed E-state index contributed by atoms with van der Waals surface area (Å²) < 4.78 is 22.2. The van der Waals surface area contributed by atoms with Crippen molar-refractivity contribution in [1.29, 1.82) is 0 Å². The van der Waals surface area contributed by atoms with Crippen molar-refractivity contribution < 1.29 is 54.7 Å². The van der Waals surface area contributed by atoms with Gasteiger partial charge in [-0.3, -0.25) is 0 Å². The van der Waals surface area contributed by atoms with E-state index in [2.05, 4.69) is 0 Å². The molecule has 1 saturated carbocycles. The zero-order chi connectivity index (χ0) is 24.6. The summed E-state index contributed by atoms with van der Waals surface area (Å²) in [7, 11) is 0. The molecule has 1 aliphatic carbocycles. The van der Waals surface area contributed by atoms with Gasteiger partial charge in [-0.15, -0.1) is 0 Å². The van der Waals surface area contributed by atoms with Gasteiger partial charge >= 0.3 is 0 Å². The normalized spacial score (nSPS) is 53.7. The molecule has 3 rings (SSSR count). The second kappa shape index (κ2) is 11.0. The third-order valence-electron chi connectivity index (χ3n) is 6.48. The van der Waals surface area contributed by atoms with Crippen LogP contribution in [0.1, 0.15) is 6.42 Å². The molecule has 0 aromatic carbocycles. The molecule has 33 heavy (non-hydrogen) atoms. The molecule has 15 atom stereocenters. The molecule has 15 nitrogen and oxygen atoms in total. The topological polar surface area (TPSA) is 283 Å². The van der Waals surface area contributed by atoms with Gasteiger partial charge in [-0.05, 0) is 6.42 Å². The Kier molecular flexibility index (Phi) is 8.99. The van der Waals surface area contributed by atoms with E-state index in [9.17, 15) is 35.7 Å². The molecule has 3 fully saturated rings. The van der Waals surface area contributed by atoms with Gasteiger partial charge in [0.15, 0.2) is 12.6 Å². The van der Waals surface area contributed by atoms with Crippen LogP contribution in [-0.2, 0) is 18.9 Å². The summed E-state index contributed by atoms with van der Waals surface area (Å²) >= 11 is 0. The van der Waals surface area contributed by atoms with E-state index in [0.29, 0.717) is 0 Å². The van der Waals surface area contributed by atoms with Crippen molar-refractivity contribution in [2.45, 2.75) is 98.2 Å². The SMILES string of the molecule is NC[C@@H]1O[C@@H](O[C@H]2[C@H](O)[C@@H](O[C@H]3O[C@H](CO)[C@@H](O)[C@H](N)[C@H]3O)[C@H](N)C[C@@H]2N)[C@@H](O)[C@H](O)[C@H]1O. The van der Waals surface area contributed by atoms with E-state index in [4.69, 9.17) is 41.9 Å². The third kappa shape index (κ3) is 5.32. The average molecular weight is 485 g/mol. The summed E-state index contributed by atoms with van der Waals surface area (Å²) in [4.78, 5) is 0. The first-order chi connectivity index (χ1) is 15.5. The Balaban J connectivity index is 1.72. The maximum absolute atomic E-state index is 10.9. The molecular weight excluding hydrogens is 448 g/mol. The van der Waals surface area contributed by atoms with Crippen LogP contribution in [-0.4, -0.2) is 141 Å². The molecule has 194 valence electrons. The van der Waals surface area contributed by atoms with Crippen LogP contribution in [0.3, 0.4) is 0 Å². The van der Waals surface area contributed by atoms with Crippen molar-refractivity contribution in [3.63, 3.8) is 0 Å². The summed E-state index contributed by atoms with van der Waals surface area (Å²) in [5.41, 5.74) is 23.5. The lowest BCUT2D eigenvalue weighted by molar-refractivity contribution is -0.332. The van der Waals surface area contributed by atoms with E-state index in [-0.39, 0.29) is 13.0 Å². The second-order valence-corrected chi connectivity index (χ2v) is 8.79. The molecule has 0 amide bonds. The molecule has 3 aliphatic rings. The van der Waals surface area contributed by atoms with Crippen LogP contribution >= 0.6 is 0 Å². The van der Waals surface area contributed by atoms with Gasteiger partial charge in [-0.2, -0.15) is 0 Å². The molecular formula is C18H36N4O11. The Bertz CT molecular complexity index is 584. The molecule has 15 heteroatoms. The highest BCUT2D eigenvalue weighted by molar-refractivity contribution is 5.01. The monoisotopic (exact) mass is 484 g/mol. The summed E-state index contributed by atoms with van der Waals surface area (Å²) in [5, 5.41) is 70.9. The molecule has 0 bridgehead atoms. The highest BCUT2D eigenvalue weighted by atomic mass is 16.7. The average Bonchev–Trinajstić information content (AvgIpc) is 2.79. The molecule has 15 N–H and O–H groups in total. The van der Waals surface area contributed by atoms with Crippen molar-refractivity contribution in [3.05, 3.63) is 0 Å². The summed E-state index contributed by atoms with van der Waals surface area (Å²) in [6, 6.07) is -2.86. The van der Waals surface area contributed by atoms with Crippen molar-refractivity contribution in [3.8, 4) is 0 Å². The number of aliphatic hydroxyl groups is 7. The van der Waals surface area contributed by atoms with Gasteiger partial charge in [0.05, 0.1) is 12.6 Å². The molecule has 0 unspecified atom stereocenters. The van der Waals surface area contributed by atoms with Crippen molar-refractivity contribution in [1.82, 2.24) is 0 Å². The minimum atomic E-state index is -1.66. The van der Waals surface area contributed by atoms with Crippen LogP contribution in [0.2, 0.25) is 0 Å². The van der Waals surface area contributed by atoms with E-state index in [1.54, 1.807) is 0 Å². The Labute approximate surface area is 189 Å². The molecule has 0 aromatic rings. The number of aliphatic hydroxyl groups excluding tert-OH is 7. The number of hydrogen-bond donors (Lipinski definition) is 11. The molecule has 2 aliphatic heterocycles. The summed E-state index contributed by atoms with van der Waals surface area (Å²) in [6.45, 7) is -0.763. The van der Waals surface area contributed by atoms with Crippen molar-refractivity contribution in [2.75, 3.05) is 13.2 Å².